The summed E-state index contributed by atoms with van der Waals surface area (Å²) in [6.07, 6.45) is 2.83. The second kappa shape index (κ2) is 6.52. The molecular weight excluding hydrogens is 244 g/mol. The van der Waals surface area contributed by atoms with Crippen LogP contribution < -0.4 is 5.32 Å². The minimum atomic E-state index is 0.351. The van der Waals surface area contributed by atoms with Gasteiger partial charge in [0.15, 0.2) is 0 Å². The van der Waals surface area contributed by atoms with Gasteiger partial charge in [0.1, 0.15) is 5.75 Å². The zero-order chi connectivity index (χ0) is 12.8. The van der Waals surface area contributed by atoms with Crippen molar-refractivity contribution in [2.24, 2.45) is 0 Å². The smallest absolute Gasteiger partial charge is 0.119 e. The Morgan fingerprint density at radius 1 is 1.33 bits per heavy atom. The number of nitrogens with one attached hydrogen (secondary N) is 1. The van der Waals surface area contributed by atoms with Crippen LogP contribution in [-0.2, 0) is 12.8 Å². The van der Waals surface area contributed by atoms with Crippen LogP contribution in [0.15, 0.2) is 29.6 Å². The van der Waals surface area contributed by atoms with Crippen LogP contribution >= 0.6 is 11.3 Å². The summed E-state index contributed by atoms with van der Waals surface area (Å²) >= 11 is 1.67. The number of para-hydroxylation sites is 1. The van der Waals surface area contributed by atoms with Crippen molar-refractivity contribution in [1.29, 1.82) is 0 Å². The highest BCUT2D eigenvalue weighted by Gasteiger charge is 2.06. The topological polar surface area (TPSA) is 45.1 Å². The number of aryl methyl sites for hydroxylation is 1. The van der Waals surface area contributed by atoms with Gasteiger partial charge in [-0.1, -0.05) is 18.2 Å². The van der Waals surface area contributed by atoms with Crippen LogP contribution in [0.25, 0.3) is 0 Å². The van der Waals surface area contributed by atoms with Gasteiger partial charge in [0.25, 0.3) is 0 Å². The molecule has 0 unspecified atom stereocenters. The van der Waals surface area contributed by atoms with E-state index in [1.165, 1.54) is 0 Å². The summed E-state index contributed by atoms with van der Waals surface area (Å²) in [5, 5.41) is 16.0. The van der Waals surface area contributed by atoms with Crippen LogP contribution in [0.5, 0.6) is 5.75 Å². The van der Waals surface area contributed by atoms with Gasteiger partial charge in [-0.15, -0.1) is 11.3 Å². The van der Waals surface area contributed by atoms with Crippen molar-refractivity contribution in [2.45, 2.75) is 19.3 Å². The molecule has 4 heteroatoms. The van der Waals surface area contributed by atoms with Crippen LogP contribution in [-0.4, -0.2) is 23.7 Å². The lowest BCUT2D eigenvalue weighted by Crippen LogP contribution is -2.08. The van der Waals surface area contributed by atoms with Gasteiger partial charge in [-0.25, -0.2) is 4.98 Å². The predicted molar refractivity (Wildman–Crippen MR) is 75.3 cm³/mol. The van der Waals surface area contributed by atoms with E-state index in [9.17, 15) is 5.11 Å². The third-order valence-corrected chi connectivity index (χ3v) is 3.69. The standard InChI is InChI=1S/C14H18N2OS/c1-15-8-4-6-12-10-18-14(16-12)9-11-5-2-3-7-13(11)17/h2-3,5,7,10,15,17H,4,6,8-9H2,1H3. The first-order chi connectivity index (χ1) is 8.79. The summed E-state index contributed by atoms with van der Waals surface area (Å²) in [5.74, 6) is 0.351. The molecule has 0 aliphatic carbocycles. The number of aromatic hydroxyl groups is 1. The summed E-state index contributed by atoms with van der Waals surface area (Å²) in [4.78, 5) is 4.60. The predicted octanol–water partition coefficient (Wildman–Crippen LogP) is 2.59. The molecular formula is C14H18N2OS. The third kappa shape index (κ3) is 3.55. The zero-order valence-electron chi connectivity index (χ0n) is 10.5. The molecule has 0 amide bonds. The molecule has 0 saturated carbocycles. The summed E-state index contributed by atoms with van der Waals surface area (Å²) in [6, 6.07) is 7.44. The molecule has 0 bridgehead atoms. The van der Waals surface area contributed by atoms with Crippen LogP contribution in [0.4, 0.5) is 0 Å². The molecule has 0 saturated heterocycles. The molecule has 2 N–H and O–H groups in total. The highest BCUT2D eigenvalue weighted by Crippen LogP contribution is 2.21. The molecule has 0 aliphatic rings. The Bertz CT molecular complexity index is 496. The highest BCUT2D eigenvalue weighted by molar-refractivity contribution is 7.09. The molecule has 1 aromatic heterocycles. The number of hydrogen-bond acceptors (Lipinski definition) is 4. The van der Waals surface area contributed by atoms with Crippen molar-refractivity contribution in [3.63, 3.8) is 0 Å². The van der Waals surface area contributed by atoms with Crippen LogP contribution in [0.1, 0.15) is 22.7 Å². The fourth-order valence-corrected chi connectivity index (χ4v) is 2.67. The van der Waals surface area contributed by atoms with E-state index in [1.54, 1.807) is 17.4 Å². The molecule has 96 valence electrons. The molecule has 0 atom stereocenters. The monoisotopic (exact) mass is 262 g/mol. The first-order valence-electron chi connectivity index (χ1n) is 6.14. The Kier molecular flexibility index (Phi) is 4.73. The molecule has 2 rings (SSSR count). The molecule has 1 aromatic carbocycles. The van der Waals surface area contributed by atoms with Crippen LogP contribution in [0.2, 0.25) is 0 Å². The van der Waals surface area contributed by atoms with Gasteiger partial charge < -0.3 is 10.4 Å². The quantitative estimate of drug-likeness (QED) is 0.787. The molecule has 0 spiro atoms. The van der Waals surface area contributed by atoms with Crippen LogP contribution in [0, 0.1) is 0 Å². The lowest BCUT2D eigenvalue weighted by atomic mass is 10.1. The molecule has 2 aromatic rings. The van der Waals surface area contributed by atoms with E-state index in [0.29, 0.717) is 12.2 Å². The van der Waals surface area contributed by atoms with Gasteiger partial charge in [0.05, 0.1) is 10.7 Å². The van der Waals surface area contributed by atoms with E-state index in [2.05, 4.69) is 15.7 Å². The Morgan fingerprint density at radius 2 is 2.17 bits per heavy atom. The van der Waals surface area contributed by atoms with Gasteiger partial charge in [-0.2, -0.15) is 0 Å². The summed E-state index contributed by atoms with van der Waals surface area (Å²) in [5.41, 5.74) is 2.09. The molecule has 3 nitrogen and oxygen atoms in total. The Balaban J connectivity index is 1.96. The second-order valence-corrected chi connectivity index (χ2v) is 5.19. The van der Waals surface area contributed by atoms with Crippen molar-refractivity contribution in [2.75, 3.05) is 13.6 Å². The lowest BCUT2D eigenvalue weighted by Gasteiger charge is -2.01. The number of phenolic OH excluding ortho intramolecular Hbond substituents is 1. The van der Waals surface area contributed by atoms with Gasteiger partial charge in [0.2, 0.25) is 0 Å². The van der Waals surface area contributed by atoms with Crippen molar-refractivity contribution in [3.8, 4) is 5.75 Å². The molecule has 0 fully saturated rings. The minimum Gasteiger partial charge on any atom is -0.508 e. The number of nitrogens with zero attached hydrogens (tertiary/aromatic N) is 1. The fraction of sp³-hybridized carbons (Fsp3) is 0.357. The number of phenols is 1. The Hall–Kier alpha value is -1.39. The minimum absolute atomic E-state index is 0.351. The first kappa shape index (κ1) is 13.1. The van der Waals surface area contributed by atoms with Crippen molar-refractivity contribution >= 4 is 11.3 Å². The van der Waals surface area contributed by atoms with E-state index in [-0.39, 0.29) is 0 Å². The zero-order valence-corrected chi connectivity index (χ0v) is 11.3. The maximum atomic E-state index is 9.72. The van der Waals surface area contributed by atoms with Crippen molar-refractivity contribution in [1.82, 2.24) is 10.3 Å². The lowest BCUT2D eigenvalue weighted by molar-refractivity contribution is 0.469. The molecule has 0 radical (unpaired) electrons. The normalized spacial score (nSPS) is 10.7. The van der Waals surface area contributed by atoms with E-state index >= 15 is 0 Å². The summed E-state index contributed by atoms with van der Waals surface area (Å²) in [6.45, 7) is 1.02. The summed E-state index contributed by atoms with van der Waals surface area (Å²) < 4.78 is 0. The average molecular weight is 262 g/mol. The van der Waals surface area contributed by atoms with E-state index in [4.69, 9.17) is 0 Å². The Morgan fingerprint density at radius 3 is 2.94 bits per heavy atom. The van der Waals surface area contributed by atoms with E-state index in [0.717, 1.165) is 35.7 Å². The molecule has 1 heterocycles. The second-order valence-electron chi connectivity index (χ2n) is 4.25. The SMILES string of the molecule is CNCCCc1csc(Cc2ccccc2O)n1. The summed E-state index contributed by atoms with van der Waals surface area (Å²) in [7, 11) is 1.96. The number of thiazole rings is 1. The van der Waals surface area contributed by atoms with Crippen molar-refractivity contribution in [3.05, 3.63) is 45.9 Å². The van der Waals surface area contributed by atoms with Gasteiger partial charge in [0, 0.05) is 17.4 Å². The molecule has 18 heavy (non-hydrogen) atoms. The van der Waals surface area contributed by atoms with Crippen molar-refractivity contribution < 1.29 is 5.11 Å². The number of hydrogen-bond donors (Lipinski definition) is 2. The average Bonchev–Trinajstić information content (AvgIpc) is 2.80. The number of benzene rings is 1. The largest absolute Gasteiger partial charge is 0.508 e. The van der Waals surface area contributed by atoms with E-state index in [1.807, 2.05) is 25.2 Å². The highest BCUT2D eigenvalue weighted by atomic mass is 32.1. The first-order valence-corrected chi connectivity index (χ1v) is 7.02. The van der Waals surface area contributed by atoms with E-state index < -0.39 is 0 Å². The third-order valence-electron chi connectivity index (χ3n) is 2.79. The van der Waals surface area contributed by atoms with Gasteiger partial charge >= 0.3 is 0 Å². The maximum absolute atomic E-state index is 9.72. The maximum Gasteiger partial charge on any atom is 0.119 e. The fourth-order valence-electron chi connectivity index (χ4n) is 1.81. The molecule has 0 aliphatic heterocycles. The number of aromatic nitrogens is 1. The Labute approximate surface area is 112 Å². The van der Waals surface area contributed by atoms with Crippen LogP contribution in [0.3, 0.4) is 0 Å². The number of rotatable bonds is 6. The van der Waals surface area contributed by atoms with Gasteiger partial charge in [-0.05, 0) is 32.5 Å². The van der Waals surface area contributed by atoms with Gasteiger partial charge in [-0.3, -0.25) is 0 Å².